The van der Waals surface area contributed by atoms with Gasteiger partial charge in [0, 0.05) is 25.8 Å². The molecule has 0 bridgehead atoms. The first kappa shape index (κ1) is 17.5. The molecule has 0 amide bonds. The highest BCUT2D eigenvalue weighted by molar-refractivity contribution is 5.43. The Kier molecular flexibility index (Phi) is 6.67. The lowest BCUT2D eigenvalue weighted by atomic mass is 10.0. The van der Waals surface area contributed by atoms with Crippen molar-refractivity contribution in [3.05, 3.63) is 11.8 Å². The SMILES string of the molecule is CCNc1nc(NCC(CC)CCO)cc(C(F)(F)F)n1. The van der Waals surface area contributed by atoms with Gasteiger partial charge in [-0.3, -0.25) is 0 Å². The van der Waals surface area contributed by atoms with Crippen molar-refractivity contribution in [2.75, 3.05) is 30.3 Å². The van der Waals surface area contributed by atoms with Crippen LogP contribution >= 0.6 is 0 Å². The fourth-order valence-electron chi connectivity index (χ4n) is 1.80. The Morgan fingerprint density at radius 1 is 1.24 bits per heavy atom. The van der Waals surface area contributed by atoms with E-state index in [1.54, 1.807) is 6.92 Å². The van der Waals surface area contributed by atoms with Crippen molar-refractivity contribution in [2.45, 2.75) is 32.9 Å². The number of rotatable bonds is 8. The van der Waals surface area contributed by atoms with Crippen LogP contribution in [-0.4, -0.2) is 34.8 Å². The lowest BCUT2D eigenvalue weighted by molar-refractivity contribution is -0.141. The number of halogens is 3. The van der Waals surface area contributed by atoms with Crippen molar-refractivity contribution in [3.8, 4) is 0 Å². The van der Waals surface area contributed by atoms with Crippen molar-refractivity contribution in [1.29, 1.82) is 0 Å². The molecule has 0 radical (unpaired) electrons. The Morgan fingerprint density at radius 2 is 1.95 bits per heavy atom. The number of nitrogens with zero attached hydrogens (tertiary/aromatic N) is 2. The molecule has 0 spiro atoms. The fourth-order valence-corrected chi connectivity index (χ4v) is 1.80. The van der Waals surface area contributed by atoms with Crippen LogP contribution in [0.1, 0.15) is 32.4 Å². The first-order chi connectivity index (χ1) is 9.90. The van der Waals surface area contributed by atoms with Crippen LogP contribution in [-0.2, 0) is 6.18 Å². The van der Waals surface area contributed by atoms with Gasteiger partial charge in [-0.2, -0.15) is 18.2 Å². The van der Waals surface area contributed by atoms with Gasteiger partial charge in [-0.25, -0.2) is 4.98 Å². The number of alkyl halides is 3. The molecule has 1 rings (SSSR count). The first-order valence-corrected chi connectivity index (χ1v) is 6.95. The third kappa shape index (κ3) is 5.74. The van der Waals surface area contributed by atoms with Crippen LogP contribution in [0.4, 0.5) is 24.9 Å². The third-order valence-electron chi connectivity index (χ3n) is 3.04. The normalized spacial score (nSPS) is 13.0. The largest absolute Gasteiger partial charge is 0.433 e. The van der Waals surface area contributed by atoms with Gasteiger partial charge in [0.05, 0.1) is 0 Å². The zero-order chi connectivity index (χ0) is 15.9. The molecule has 1 heterocycles. The van der Waals surface area contributed by atoms with Crippen molar-refractivity contribution in [1.82, 2.24) is 9.97 Å². The van der Waals surface area contributed by atoms with Gasteiger partial charge in [-0.15, -0.1) is 0 Å². The van der Waals surface area contributed by atoms with E-state index in [4.69, 9.17) is 5.11 Å². The average molecular weight is 306 g/mol. The minimum absolute atomic E-state index is 0.0509. The molecule has 0 saturated heterocycles. The van der Waals surface area contributed by atoms with Crippen LogP contribution in [0.2, 0.25) is 0 Å². The first-order valence-electron chi connectivity index (χ1n) is 6.95. The molecule has 1 atom stereocenters. The standard InChI is InChI=1S/C13H21F3N4O/c1-3-9(5-6-21)8-18-11-7-10(13(14,15)16)19-12(20-11)17-4-2/h7,9,21H,3-6,8H2,1-2H3,(H2,17,18,19,20). The Labute approximate surface area is 122 Å². The maximum atomic E-state index is 12.8. The summed E-state index contributed by atoms with van der Waals surface area (Å²) in [5, 5.41) is 14.5. The predicted octanol–water partition coefficient (Wildman–Crippen LogP) is 2.75. The number of nitrogens with one attached hydrogen (secondary N) is 2. The molecule has 0 aliphatic heterocycles. The molecule has 5 nitrogen and oxygen atoms in total. The summed E-state index contributed by atoms with van der Waals surface area (Å²) in [6.07, 6.45) is -3.09. The van der Waals surface area contributed by atoms with E-state index in [1.165, 1.54) is 0 Å². The Balaban J connectivity index is 2.87. The molecule has 1 unspecified atom stereocenters. The highest BCUT2D eigenvalue weighted by Crippen LogP contribution is 2.29. The smallest absolute Gasteiger partial charge is 0.396 e. The van der Waals surface area contributed by atoms with Gasteiger partial charge in [-0.05, 0) is 19.3 Å². The zero-order valence-electron chi connectivity index (χ0n) is 12.2. The topological polar surface area (TPSA) is 70.1 Å². The number of anilines is 2. The maximum absolute atomic E-state index is 12.8. The van der Waals surface area contributed by atoms with Gasteiger partial charge >= 0.3 is 6.18 Å². The van der Waals surface area contributed by atoms with E-state index < -0.39 is 11.9 Å². The van der Waals surface area contributed by atoms with Crippen molar-refractivity contribution < 1.29 is 18.3 Å². The van der Waals surface area contributed by atoms with Gasteiger partial charge < -0.3 is 15.7 Å². The molecular weight excluding hydrogens is 285 g/mol. The molecule has 120 valence electrons. The Hall–Kier alpha value is -1.57. The molecular formula is C13H21F3N4O. The highest BCUT2D eigenvalue weighted by Gasteiger charge is 2.33. The number of hydrogen-bond acceptors (Lipinski definition) is 5. The Morgan fingerprint density at radius 3 is 2.48 bits per heavy atom. The van der Waals surface area contributed by atoms with E-state index in [0.29, 0.717) is 19.5 Å². The van der Waals surface area contributed by atoms with Crippen molar-refractivity contribution in [2.24, 2.45) is 5.92 Å². The van der Waals surface area contributed by atoms with Gasteiger partial charge in [0.15, 0.2) is 5.69 Å². The molecule has 1 aromatic rings. The Bertz CT molecular complexity index is 440. The second kappa shape index (κ2) is 8.02. The van der Waals surface area contributed by atoms with E-state index in [2.05, 4.69) is 20.6 Å². The number of aromatic nitrogens is 2. The summed E-state index contributed by atoms with van der Waals surface area (Å²) < 4.78 is 38.4. The molecule has 0 aliphatic carbocycles. The van der Waals surface area contributed by atoms with E-state index in [9.17, 15) is 13.2 Å². The summed E-state index contributed by atoms with van der Waals surface area (Å²) >= 11 is 0. The summed E-state index contributed by atoms with van der Waals surface area (Å²) in [4.78, 5) is 7.46. The van der Waals surface area contributed by atoms with Crippen molar-refractivity contribution in [3.63, 3.8) is 0 Å². The summed E-state index contributed by atoms with van der Waals surface area (Å²) in [6, 6.07) is 0.895. The van der Waals surface area contributed by atoms with Crippen molar-refractivity contribution >= 4 is 11.8 Å². The third-order valence-corrected chi connectivity index (χ3v) is 3.04. The van der Waals surface area contributed by atoms with Crippen LogP contribution in [0.15, 0.2) is 6.07 Å². The van der Waals surface area contributed by atoms with Crippen LogP contribution in [0, 0.1) is 5.92 Å². The molecule has 0 saturated carbocycles. The lowest BCUT2D eigenvalue weighted by Gasteiger charge is -2.16. The minimum atomic E-state index is -4.52. The van der Waals surface area contributed by atoms with Crippen LogP contribution < -0.4 is 10.6 Å². The molecule has 0 aromatic carbocycles. The van der Waals surface area contributed by atoms with E-state index in [1.807, 2.05) is 6.92 Å². The average Bonchev–Trinajstić information content (AvgIpc) is 2.42. The molecule has 1 aromatic heterocycles. The highest BCUT2D eigenvalue weighted by atomic mass is 19.4. The van der Waals surface area contributed by atoms with E-state index in [0.717, 1.165) is 12.5 Å². The van der Waals surface area contributed by atoms with Gasteiger partial charge in [-0.1, -0.05) is 13.3 Å². The number of aliphatic hydroxyl groups is 1. The van der Waals surface area contributed by atoms with Gasteiger partial charge in [0.25, 0.3) is 0 Å². The van der Waals surface area contributed by atoms with Crippen LogP contribution in [0.25, 0.3) is 0 Å². The van der Waals surface area contributed by atoms with E-state index in [-0.39, 0.29) is 24.3 Å². The summed E-state index contributed by atoms with van der Waals surface area (Å²) in [5.74, 6) is 0.261. The predicted molar refractivity (Wildman–Crippen MR) is 75.2 cm³/mol. The van der Waals surface area contributed by atoms with Crippen LogP contribution in [0.3, 0.4) is 0 Å². The summed E-state index contributed by atoms with van der Waals surface area (Å²) in [5.41, 5.74) is -0.980. The summed E-state index contributed by atoms with van der Waals surface area (Å²) in [7, 11) is 0. The lowest BCUT2D eigenvalue weighted by Crippen LogP contribution is -2.18. The fraction of sp³-hybridized carbons (Fsp3) is 0.692. The molecule has 0 fully saturated rings. The number of aliphatic hydroxyl groups excluding tert-OH is 1. The van der Waals surface area contributed by atoms with Gasteiger partial charge in [0.1, 0.15) is 5.82 Å². The second-order valence-electron chi connectivity index (χ2n) is 4.66. The molecule has 0 aliphatic rings. The minimum Gasteiger partial charge on any atom is -0.396 e. The molecule has 3 N–H and O–H groups in total. The van der Waals surface area contributed by atoms with Gasteiger partial charge in [0.2, 0.25) is 5.95 Å². The van der Waals surface area contributed by atoms with Crippen LogP contribution in [0.5, 0.6) is 0 Å². The maximum Gasteiger partial charge on any atom is 0.433 e. The summed E-state index contributed by atoms with van der Waals surface area (Å²) in [6.45, 7) is 4.67. The molecule has 21 heavy (non-hydrogen) atoms. The molecule has 8 heteroatoms. The quantitative estimate of drug-likeness (QED) is 0.689. The number of hydrogen-bond donors (Lipinski definition) is 3. The monoisotopic (exact) mass is 306 g/mol. The van der Waals surface area contributed by atoms with E-state index >= 15 is 0 Å². The second-order valence-corrected chi connectivity index (χ2v) is 4.66. The zero-order valence-corrected chi connectivity index (χ0v) is 12.2.